The van der Waals surface area contributed by atoms with Gasteiger partial charge in [-0.15, -0.1) is 16.8 Å². The van der Waals surface area contributed by atoms with Crippen molar-refractivity contribution in [3.63, 3.8) is 0 Å². The highest BCUT2D eigenvalue weighted by molar-refractivity contribution is 7.99. The minimum Gasteiger partial charge on any atom is -0.497 e. The zero-order valence-electron chi connectivity index (χ0n) is 17.9. The summed E-state index contributed by atoms with van der Waals surface area (Å²) in [6, 6.07) is 15.0. The fraction of sp³-hybridized carbons (Fsp3) is 0.261. The molecule has 31 heavy (non-hydrogen) atoms. The van der Waals surface area contributed by atoms with E-state index in [2.05, 4.69) is 22.1 Å². The largest absolute Gasteiger partial charge is 0.497 e. The smallest absolute Gasteiger partial charge is 0.234 e. The van der Waals surface area contributed by atoms with Gasteiger partial charge in [-0.3, -0.25) is 9.36 Å². The van der Waals surface area contributed by atoms with E-state index in [-0.39, 0.29) is 17.8 Å². The molecule has 0 aliphatic heterocycles. The highest BCUT2D eigenvalue weighted by Gasteiger charge is 2.20. The van der Waals surface area contributed by atoms with Gasteiger partial charge in [0.2, 0.25) is 5.91 Å². The van der Waals surface area contributed by atoms with Crippen LogP contribution >= 0.6 is 11.8 Å². The lowest BCUT2D eigenvalue weighted by molar-refractivity contribution is -0.113. The highest BCUT2D eigenvalue weighted by atomic mass is 32.2. The molecule has 7 nitrogen and oxygen atoms in total. The first kappa shape index (κ1) is 22.4. The van der Waals surface area contributed by atoms with Crippen molar-refractivity contribution in [2.75, 3.05) is 18.2 Å². The van der Waals surface area contributed by atoms with Gasteiger partial charge in [-0.05, 0) is 50.2 Å². The summed E-state index contributed by atoms with van der Waals surface area (Å²) in [4.78, 5) is 12.3. The van der Waals surface area contributed by atoms with Crippen molar-refractivity contribution in [1.29, 1.82) is 0 Å². The summed E-state index contributed by atoms with van der Waals surface area (Å²) in [5.41, 5.74) is 1.91. The monoisotopic (exact) mass is 438 g/mol. The quantitative estimate of drug-likeness (QED) is 0.367. The Morgan fingerprint density at radius 3 is 2.48 bits per heavy atom. The average Bonchev–Trinajstić information content (AvgIpc) is 3.17. The SMILES string of the molecule is C=CCn1c(SCC(=O)Nc2ccc(C)cc2)nnc1C(C)Oc1ccc(OC)cc1. The number of aryl methyl sites for hydroxylation is 1. The van der Waals surface area contributed by atoms with Gasteiger partial charge in [0.25, 0.3) is 0 Å². The molecule has 0 aliphatic carbocycles. The maximum Gasteiger partial charge on any atom is 0.234 e. The van der Waals surface area contributed by atoms with Crippen LogP contribution < -0.4 is 14.8 Å². The van der Waals surface area contributed by atoms with Crippen molar-refractivity contribution in [2.45, 2.75) is 31.7 Å². The average molecular weight is 439 g/mol. The number of carbonyl (C=O) groups is 1. The van der Waals surface area contributed by atoms with E-state index in [1.54, 1.807) is 13.2 Å². The van der Waals surface area contributed by atoms with E-state index in [0.717, 1.165) is 17.0 Å². The molecule has 0 bridgehead atoms. The van der Waals surface area contributed by atoms with Crippen molar-refractivity contribution in [2.24, 2.45) is 0 Å². The lowest BCUT2D eigenvalue weighted by Gasteiger charge is -2.16. The van der Waals surface area contributed by atoms with Gasteiger partial charge in [0, 0.05) is 12.2 Å². The second-order valence-electron chi connectivity index (χ2n) is 6.88. The topological polar surface area (TPSA) is 78.3 Å². The summed E-state index contributed by atoms with van der Waals surface area (Å²) in [5.74, 6) is 2.24. The van der Waals surface area contributed by atoms with Crippen LogP contribution in [0.5, 0.6) is 11.5 Å². The van der Waals surface area contributed by atoms with E-state index in [1.165, 1.54) is 11.8 Å². The van der Waals surface area contributed by atoms with Gasteiger partial charge in [-0.25, -0.2) is 0 Å². The van der Waals surface area contributed by atoms with Crippen LogP contribution in [0.3, 0.4) is 0 Å². The number of carbonyl (C=O) groups excluding carboxylic acids is 1. The molecule has 0 saturated carbocycles. The van der Waals surface area contributed by atoms with E-state index >= 15 is 0 Å². The Kier molecular flexibility index (Phi) is 7.72. The molecule has 0 fully saturated rings. The van der Waals surface area contributed by atoms with E-state index in [9.17, 15) is 4.79 Å². The summed E-state index contributed by atoms with van der Waals surface area (Å²) in [6.07, 6.45) is 1.43. The molecule has 1 unspecified atom stereocenters. The molecular weight excluding hydrogens is 412 g/mol. The normalized spacial score (nSPS) is 11.6. The van der Waals surface area contributed by atoms with Crippen molar-refractivity contribution in [3.05, 3.63) is 72.6 Å². The molecule has 1 amide bonds. The minimum atomic E-state index is -0.337. The minimum absolute atomic E-state index is 0.105. The van der Waals surface area contributed by atoms with E-state index in [1.807, 2.05) is 66.9 Å². The van der Waals surface area contributed by atoms with Gasteiger partial charge < -0.3 is 14.8 Å². The Hall–Kier alpha value is -3.26. The number of hydrogen-bond donors (Lipinski definition) is 1. The Morgan fingerprint density at radius 1 is 1.16 bits per heavy atom. The first-order chi connectivity index (χ1) is 15.0. The number of nitrogens with one attached hydrogen (secondary N) is 1. The van der Waals surface area contributed by atoms with Crippen LogP contribution in [-0.4, -0.2) is 33.5 Å². The zero-order valence-corrected chi connectivity index (χ0v) is 18.7. The van der Waals surface area contributed by atoms with Gasteiger partial charge in [0.05, 0.1) is 12.9 Å². The first-order valence-electron chi connectivity index (χ1n) is 9.84. The predicted molar refractivity (Wildman–Crippen MR) is 123 cm³/mol. The molecule has 3 rings (SSSR count). The fourth-order valence-electron chi connectivity index (χ4n) is 2.88. The molecule has 0 spiro atoms. The van der Waals surface area contributed by atoms with Gasteiger partial charge in [-0.1, -0.05) is 35.5 Å². The van der Waals surface area contributed by atoms with Gasteiger partial charge in [-0.2, -0.15) is 0 Å². The summed E-state index contributed by atoms with van der Waals surface area (Å²) < 4.78 is 13.1. The number of nitrogens with zero attached hydrogens (tertiary/aromatic N) is 3. The molecule has 162 valence electrons. The summed E-state index contributed by atoms with van der Waals surface area (Å²) in [6.45, 7) is 8.25. The van der Waals surface area contributed by atoms with Crippen molar-refractivity contribution >= 4 is 23.4 Å². The van der Waals surface area contributed by atoms with Crippen molar-refractivity contribution in [1.82, 2.24) is 14.8 Å². The maximum absolute atomic E-state index is 12.3. The van der Waals surface area contributed by atoms with Gasteiger partial charge >= 0.3 is 0 Å². The number of hydrogen-bond acceptors (Lipinski definition) is 6. The third kappa shape index (κ3) is 6.11. The van der Waals surface area contributed by atoms with Gasteiger partial charge in [0.15, 0.2) is 17.1 Å². The maximum atomic E-state index is 12.3. The Labute approximate surface area is 186 Å². The zero-order chi connectivity index (χ0) is 22.2. The Balaban J connectivity index is 1.65. The lowest BCUT2D eigenvalue weighted by atomic mass is 10.2. The first-order valence-corrected chi connectivity index (χ1v) is 10.8. The van der Waals surface area contributed by atoms with E-state index < -0.39 is 0 Å². The molecular formula is C23H26N4O3S. The number of ether oxygens (including phenoxy) is 2. The number of aromatic nitrogens is 3. The second-order valence-corrected chi connectivity index (χ2v) is 7.82. The number of methoxy groups -OCH3 is 1. The second kappa shape index (κ2) is 10.7. The van der Waals surface area contributed by atoms with Crippen molar-refractivity contribution < 1.29 is 14.3 Å². The number of benzene rings is 2. The summed E-state index contributed by atoms with van der Waals surface area (Å²) in [5, 5.41) is 12.1. The van der Waals surface area contributed by atoms with Crippen LogP contribution in [0.4, 0.5) is 5.69 Å². The number of thioether (sulfide) groups is 1. The lowest BCUT2D eigenvalue weighted by Crippen LogP contribution is -2.15. The summed E-state index contributed by atoms with van der Waals surface area (Å²) >= 11 is 1.32. The van der Waals surface area contributed by atoms with Crippen LogP contribution in [0.15, 0.2) is 66.3 Å². The third-order valence-electron chi connectivity index (χ3n) is 4.46. The van der Waals surface area contributed by atoms with Gasteiger partial charge in [0.1, 0.15) is 11.5 Å². The number of amides is 1. The predicted octanol–water partition coefficient (Wildman–Crippen LogP) is 4.65. The van der Waals surface area contributed by atoms with Crippen LogP contribution in [0.1, 0.15) is 24.4 Å². The molecule has 8 heteroatoms. The number of allylic oxidation sites excluding steroid dienone is 1. The van der Waals surface area contributed by atoms with Crippen molar-refractivity contribution in [3.8, 4) is 11.5 Å². The molecule has 2 aromatic carbocycles. The van der Waals surface area contributed by atoms with Crippen LogP contribution in [0, 0.1) is 6.92 Å². The highest BCUT2D eigenvalue weighted by Crippen LogP contribution is 2.26. The number of anilines is 1. The summed E-state index contributed by atoms with van der Waals surface area (Å²) in [7, 11) is 1.62. The Bertz CT molecular complexity index is 1020. The van der Waals surface area contributed by atoms with E-state index in [4.69, 9.17) is 9.47 Å². The van der Waals surface area contributed by atoms with Crippen LogP contribution in [0.25, 0.3) is 0 Å². The Morgan fingerprint density at radius 2 is 1.84 bits per heavy atom. The third-order valence-corrected chi connectivity index (χ3v) is 5.43. The molecule has 1 aromatic heterocycles. The molecule has 3 aromatic rings. The van der Waals surface area contributed by atoms with Crippen LogP contribution in [0.2, 0.25) is 0 Å². The molecule has 1 heterocycles. The number of rotatable bonds is 10. The fourth-order valence-corrected chi connectivity index (χ4v) is 3.64. The molecule has 0 aliphatic rings. The standard InChI is InChI=1S/C23H26N4O3S/c1-5-14-27-22(17(3)30-20-12-10-19(29-4)11-13-20)25-26-23(27)31-15-21(28)24-18-8-6-16(2)7-9-18/h5-13,17H,1,14-15H2,2-4H3,(H,24,28). The molecule has 0 radical (unpaired) electrons. The molecule has 0 saturated heterocycles. The molecule has 1 atom stereocenters. The van der Waals surface area contributed by atoms with Crippen LogP contribution in [-0.2, 0) is 11.3 Å². The van der Waals surface area contributed by atoms with E-state index in [0.29, 0.717) is 23.3 Å². The molecule has 1 N–H and O–H groups in total.